The van der Waals surface area contributed by atoms with E-state index in [1.165, 1.54) is 7.11 Å². The molecular weight excluding hydrogens is 256 g/mol. The Morgan fingerprint density at radius 2 is 2.10 bits per heavy atom. The first-order valence-corrected chi connectivity index (χ1v) is 6.37. The zero-order valence-corrected chi connectivity index (χ0v) is 11.9. The Labute approximate surface area is 118 Å². The van der Waals surface area contributed by atoms with Gasteiger partial charge in [-0.1, -0.05) is 6.07 Å². The number of nitrogens with zero attached hydrogens (tertiary/aromatic N) is 2. The molecule has 0 spiro atoms. The molecule has 0 saturated heterocycles. The van der Waals surface area contributed by atoms with E-state index in [9.17, 15) is 4.79 Å². The summed E-state index contributed by atoms with van der Waals surface area (Å²) in [5.41, 5.74) is 0.543. The van der Waals surface area contributed by atoms with Gasteiger partial charge in [0.2, 0.25) is 0 Å². The van der Waals surface area contributed by atoms with Gasteiger partial charge in [-0.25, -0.2) is 4.98 Å². The molecule has 0 aliphatic carbocycles. The number of rotatable bonds is 6. The summed E-state index contributed by atoms with van der Waals surface area (Å²) in [5.74, 6) is 1.96. The van der Waals surface area contributed by atoms with Crippen LogP contribution in [0.3, 0.4) is 0 Å². The van der Waals surface area contributed by atoms with Crippen LogP contribution in [-0.4, -0.2) is 29.6 Å². The molecule has 20 heavy (non-hydrogen) atoms. The first-order valence-electron chi connectivity index (χ1n) is 6.37. The molecule has 0 unspecified atom stereocenters. The number of Topliss-reactive ketones (excluding diaryl/α,β-unsaturated/α-hetero) is 1. The number of ketones is 1. The van der Waals surface area contributed by atoms with E-state index >= 15 is 0 Å². The molecule has 0 fully saturated rings. The summed E-state index contributed by atoms with van der Waals surface area (Å²) in [6.07, 6.45) is 4.58. The second-order valence-electron chi connectivity index (χ2n) is 4.42. The van der Waals surface area contributed by atoms with Crippen LogP contribution in [0.4, 0.5) is 0 Å². The van der Waals surface area contributed by atoms with E-state index < -0.39 is 0 Å². The molecule has 0 bridgehead atoms. The zero-order valence-electron chi connectivity index (χ0n) is 11.9. The number of imidazole rings is 1. The van der Waals surface area contributed by atoms with Crippen molar-refractivity contribution in [3.63, 3.8) is 0 Å². The maximum Gasteiger partial charge on any atom is 0.171 e. The fourth-order valence-corrected chi connectivity index (χ4v) is 2.10. The molecule has 2 aromatic rings. The van der Waals surface area contributed by atoms with Crippen LogP contribution in [0.25, 0.3) is 0 Å². The van der Waals surface area contributed by atoms with Crippen molar-refractivity contribution < 1.29 is 14.3 Å². The van der Waals surface area contributed by atoms with Crippen molar-refractivity contribution in [3.8, 4) is 11.5 Å². The van der Waals surface area contributed by atoms with Gasteiger partial charge < -0.3 is 14.0 Å². The Hall–Kier alpha value is -2.30. The SMILES string of the molecule is COc1cccc(C(=O)CCc2nccn2C)c1OC. The number of hydrogen-bond acceptors (Lipinski definition) is 4. The van der Waals surface area contributed by atoms with E-state index in [4.69, 9.17) is 9.47 Å². The lowest BCUT2D eigenvalue weighted by molar-refractivity contribution is 0.0978. The Morgan fingerprint density at radius 3 is 2.70 bits per heavy atom. The average molecular weight is 274 g/mol. The van der Waals surface area contributed by atoms with Gasteiger partial charge >= 0.3 is 0 Å². The fraction of sp³-hybridized carbons (Fsp3) is 0.333. The monoisotopic (exact) mass is 274 g/mol. The van der Waals surface area contributed by atoms with Crippen LogP contribution in [0.15, 0.2) is 30.6 Å². The van der Waals surface area contributed by atoms with Gasteiger partial charge in [0, 0.05) is 32.3 Å². The van der Waals surface area contributed by atoms with Crippen molar-refractivity contribution in [1.29, 1.82) is 0 Å². The topological polar surface area (TPSA) is 53.3 Å². The minimum atomic E-state index is 0.0174. The normalized spacial score (nSPS) is 10.3. The molecule has 5 nitrogen and oxygen atoms in total. The van der Waals surface area contributed by atoms with Crippen LogP contribution in [-0.2, 0) is 13.5 Å². The molecule has 0 aliphatic rings. The highest BCUT2D eigenvalue weighted by molar-refractivity contribution is 5.99. The quantitative estimate of drug-likeness (QED) is 0.758. The van der Waals surface area contributed by atoms with E-state index in [2.05, 4.69) is 4.98 Å². The highest BCUT2D eigenvalue weighted by Gasteiger charge is 2.16. The van der Waals surface area contributed by atoms with Crippen LogP contribution < -0.4 is 9.47 Å². The number of benzene rings is 1. The van der Waals surface area contributed by atoms with Gasteiger partial charge in [0.05, 0.1) is 19.8 Å². The third-order valence-corrected chi connectivity index (χ3v) is 3.20. The lowest BCUT2D eigenvalue weighted by Crippen LogP contribution is -2.07. The van der Waals surface area contributed by atoms with E-state index in [1.54, 1.807) is 31.5 Å². The summed E-state index contributed by atoms with van der Waals surface area (Å²) in [6.45, 7) is 0. The van der Waals surface area contributed by atoms with Gasteiger partial charge in [-0.05, 0) is 12.1 Å². The first kappa shape index (κ1) is 14.1. The van der Waals surface area contributed by atoms with Crippen molar-refractivity contribution >= 4 is 5.78 Å². The molecule has 0 amide bonds. The van der Waals surface area contributed by atoms with Gasteiger partial charge in [-0.15, -0.1) is 0 Å². The van der Waals surface area contributed by atoms with Crippen LogP contribution in [0.1, 0.15) is 22.6 Å². The Bertz CT molecular complexity index is 605. The molecule has 1 aromatic heterocycles. The Kier molecular flexibility index (Phi) is 4.40. The zero-order chi connectivity index (χ0) is 14.5. The van der Waals surface area contributed by atoms with Crippen molar-refractivity contribution in [2.24, 2.45) is 7.05 Å². The predicted octanol–water partition coefficient (Wildman–Crippen LogP) is 2.25. The van der Waals surface area contributed by atoms with E-state index in [-0.39, 0.29) is 5.78 Å². The molecule has 1 aromatic carbocycles. The second kappa shape index (κ2) is 6.23. The molecule has 0 radical (unpaired) electrons. The molecule has 106 valence electrons. The molecule has 0 N–H and O–H groups in total. The van der Waals surface area contributed by atoms with Crippen LogP contribution in [0, 0.1) is 0 Å². The van der Waals surface area contributed by atoms with E-state index in [0.29, 0.717) is 29.9 Å². The first-order chi connectivity index (χ1) is 9.67. The summed E-state index contributed by atoms with van der Waals surface area (Å²) >= 11 is 0. The Balaban J connectivity index is 2.15. The third kappa shape index (κ3) is 2.82. The minimum Gasteiger partial charge on any atom is -0.493 e. The van der Waals surface area contributed by atoms with Crippen molar-refractivity contribution in [2.75, 3.05) is 14.2 Å². The van der Waals surface area contributed by atoms with Crippen molar-refractivity contribution in [1.82, 2.24) is 9.55 Å². The van der Waals surface area contributed by atoms with Crippen molar-refractivity contribution in [2.45, 2.75) is 12.8 Å². The van der Waals surface area contributed by atoms with E-state index in [0.717, 1.165) is 5.82 Å². The molecular formula is C15H18N2O3. The van der Waals surface area contributed by atoms with Crippen LogP contribution in [0.5, 0.6) is 11.5 Å². The molecule has 0 aliphatic heterocycles. The summed E-state index contributed by atoms with van der Waals surface area (Å²) in [7, 11) is 5.01. The van der Waals surface area contributed by atoms with Gasteiger partial charge in [0.15, 0.2) is 17.3 Å². The van der Waals surface area contributed by atoms with Crippen LogP contribution in [0.2, 0.25) is 0 Å². The minimum absolute atomic E-state index is 0.0174. The number of carbonyl (C=O) groups is 1. The smallest absolute Gasteiger partial charge is 0.171 e. The highest BCUT2D eigenvalue weighted by Crippen LogP contribution is 2.31. The number of para-hydroxylation sites is 1. The standard InChI is InChI=1S/C15H18N2O3/c1-17-10-9-16-14(17)8-7-12(18)11-5-4-6-13(19-2)15(11)20-3/h4-6,9-10H,7-8H2,1-3H3. The number of aromatic nitrogens is 2. The lowest BCUT2D eigenvalue weighted by Gasteiger charge is -2.11. The lowest BCUT2D eigenvalue weighted by atomic mass is 10.0. The number of methoxy groups -OCH3 is 2. The Morgan fingerprint density at radius 1 is 1.30 bits per heavy atom. The predicted molar refractivity (Wildman–Crippen MR) is 75.4 cm³/mol. The van der Waals surface area contributed by atoms with Gasteiger partial charge in [-0.3, -0.25) is 4.79 Å². The number of hydrogen-bond donors (Lipinski definition) is 0. The highest BCUT2D eigenvalue weighted by atomic mass is 16.5. The number of carbonyl (C=O) groups excluding carboxylic acids is 1. The van der Waals surface area contributed by atoms with E-state index in [1.807, 2.05) is 17.8 Å². The maximum atomic E-state index is 12.3. The van der Waals surface area contributed by atoms with Crippen LogP contribution >= 0.6 is 0 Å². The number of ether oxygens (including phenoxy) is 2. The summed E-state index contributed by atoms with van der Waals surface area (Å²) < 4.78 is 12.4. The van der Waals surface area contributed by atoms with Gasteiger partial charge in [-0.2, -0.15) is 0 Å². The second-order valence-corrected chi connectivity index (χ2v) is 4.42. The maximum absolute atomic E-state index is 12.3. The summed E-state index contributed by atoms with van der Waals surface area (Å²) in [6, 6.07) is 5.31. The number of aryl methyl sites for hydroxylation is 2. The third-order valence-electron chi connectivity index (χ3n) is 3.20. The van der Waals surface area contributed by atoms with Gasteiger partial charge in [0.25, 0.3) is 0 Å². The molecule has 0 saturated carbocycles. The largest absolute Gasteiger partial charge is 0.493 e. The summed E-state index contributed by atoms with van der Waals surface area (Å²) in [5, 5.41) is 0. The molecule has 5 heteroatoms. The molecule has 2 rings (SSSR count). The summed E-state index contributed by atoms with van der Waals surface area (Å²) in [4.78, 5) is 16.5. The van der Waals surface area contributed by atoms with Crippen molar-refractivity contribution in [3.05, 3.63) is 42.0 Å². The molecule has 1 heterocycles. The average Bonchev–Trinajstić information content (AvgIpc) is 2.89. The fourth-order valence-electron chi connectivity index (χ4n) is 2.10. The molecule has 0 atom stereocenters. The van der Waals surface area contributed by atoms with Gasteiger partial charge in [0.1, 0.15) is 5.82 Å².